The summed E-state index contributed by atoms with van der Waals surface area (Å²) in [4.78, 5) is 9.95. The summed E-state index contributed by atoms with van der Waals surface area (Å²) in [5.41, 5.74) is 1.99. The minimum Gasteiger partial charge on any atom is -0.468 e. The van der Waals surface area contributed by atoms with E-state index in [1.807, 2.05) is 24.4 Å². The van der Waals surface area contributed by atoms with Crippen LogP contribution in [0.2, 0.25) is 0 Å². The second kappa shape index (κ2) is 10.8. The molecule has 2 aromatic heterocycles. The lowest BCUT2D eigenvalue weighted by Gasteiger charge is -2.26. The second-order valence-electron chi connectivity index (χ2n) is 7.41. The van der Waals surface area contributed by atoms with Gasteiger partial charge in [-0.3, -0.25) is 9.89 Å². The molecule has 1 unspecified atom stereocenters. The highest BCUT2D eigenvalue weighted by Gasteiger charge is 2.25. The summed E-state index contributed by atoms with van der Waals surface area (Å²) < 4.78 is 19.0. The van der Waals surface area contributed by atoms with Gasteiger partial charge in [0.1, 0.15) is 11.6 Å². The van der Waals surface area contributed by atoms with Crippen molar-refractivity contribution in [1.29, 1.82) is 0 Å². The van der Waals surface area contributed by atoms with E-state index >= 15 is 0 Å². The number of furan rings is 1. The number of rotatable bonds is 7. The Kier molecular flexibility index (Phi) is 8.15. The molecule has 162 valence electrons. The number of benzene rings is 1. The lowest BCUT2D eigenvalue weighted by atomic mass is 10.1. The van der Waals surface area contributed by atoms with Gasteiger partial charge in [0, 0.05) is 37.2 Å². The zero-order chi connectivity index (χ0) is 20.1. The molecule has 1 atom stereocenters. The van der Waals surface area contributed by atoms with Crippen LogP contribution >= 0.6 is 24.0 Å². The number of halogens is 2. The van der Waals surface area contributed by atoms with Crippen LogP contribution in [-0.4, -0.2) is 49.1 Å². The van der Waals surface area contributed by atoms with Crippen LogP contribution in [0, 0.1) is 5.82 Å². The number of hydrogen-bond donors (Lipinski definition) is 3. The predicted octanol–water partition coefficient (Wildman–Crippen LogP) is 4.06. The Morgan fingerprint density at radius 3 is 2.83 bits per heavy atom. The zero-order valence-corrected chi connectivity index (χ0v) is 19.5. The molecule has 4 rings (SSSR count). The van der Waals surface area contributed by atoms with Gasteiger partial charge < -0.3 is 20.0 Å². The van der Waals surface area contributed by atoms with Crippen LogP contribution in [0.3, 0.4) is 0 Å². The van der Waals surface area contributed by atoms with Crippen molar-refractivity contribution in [3.8, 4) is 0 Å². The highest BCUT2D eigenvalue weighted by molar-refractivity contribution is 14.0. The zero-order valence-electron chi connectivity index (χ0n) is 17.2. The lowest BCUT2D eigenvalue weighted by Crippen LogP contribution is -2.43. The third kappa shape index (κ3) is 5.34. The molecule has 3 heterocycles. The van der Waals surface area contributed by atoms with E-state index in [4.69, 9.17) is 4.42 Å². The minimum absolute atomic E-state index is 0. The monoisotopic (exact) mass is 525 g/mol. The van der Waals surface area contributed by atoms with Crippen molar-refractivity contribution >= 4 is 40.8 Å². The fourth-order valence-electron chi connectivity index (χ4n) is 4.04. The van der Waals surface area contributed by atoms with Crippen LogP contribution in [0.1, 0.15) is 30.2 Å². The molecule has 3 aromatic rings. The summed E-state index contributed by atoms with van der Waals surface area (Å²) in [6.45, 7) is 3.67. The molecule has 0 aliphatic carbocycles. The Labute approximate surface area is 193 Å². The smallest absolute Gasteiger partial charge is 0.191 e. The van der Waals surface area contributed by atoms with Gasteiger partial charge in [-0.2, -0.15) is 0 Å². The maximum absolute atomic E-state index is 13.3. The van der Waals surface area contributed by atoms with Crippen LogP contribution in [0.5, 0.6) is 0 Å². The number of nitrogens with one attached hydrogen (secondary N) is 3. The summed E-state index contributed by atoms with van der Waals surface area (Å²) in [5.74, 6) is 1.53. The fourth-order valence-corrected chi connectivity index (χ4v) is 4.04. The Morgan fingerprint density at radius 2 is 2.10 bits per heavy atom. The van der Waals surface area contributed by atoms with Gasteiger partial charge in [-0.1, -0.05) is 0 Å². The minimum atomic E-state index is -0.224. The molecule has 1 aliphatic rings. The number of H-pyrrole nitrogens is 1. The quantitative estimate of drug-likeness (QED) is 0.247. The summed E-state index contributed by atoms with van der Waals surface area (Å²) in [7, 11) is 1.78. The van der Waals surface area contributed by atoms with Gasteiger partial charge in [0.2, 0.25) is 0 Å². The number of nitrogens with zero attached hydrogens (tertiary/aromatic N) is 2. The van der Waals surface area contributed by atoms with Crippen molar-refractivity contribution in [2.24, 2.45) is 4.99 Å². The Bertz CT molecular complexity index is 950. The Morgan fingerprint density at radius 1 is 1.27 bits per heavy atom. The number of hydrogen-bond acceptors (Lipinski definition) is 3. The van der Waals surface area contributed by atoms with Gasteiger partial charge in [0.15, 0.2) is 5.96 Å². The molecule has 0 bridgehead atoms. The average Bonchev–Trinajstić information content (AvgIpc) is 3.49. The van der Waals surface area contributed by atoms with E-state index in [0.717, 1.165) is 60.8 Å². The number of guanidine groups is 1. The molecule has 0 amide bonds. The number of aliphatic imine (C=N–C) groups is 1. The Hall–Kier alpha value is -2.07. The molecule has 0 saturated carbocycles. The molecule has 1 aromatic carbocycles. The van der Waals surface area contributed by atoms with Crippen molar-refractivity contribution in [2.45, 2.75) is 25.3 Å². The van der Waals surface area contributed by atoms with Crippen molar-refractivity contribution in [1.82, 2.24) is 20.5 Å². The number of aromatic amines is 1. The molecule has 1 saturated heterocycles. The summed E-state index contributed by atoms with van der Waals surface area (Å²) in [6, 6.07) is 9.04. The molecule has 0 radical (unpaired) electrons. The first-order valence-corrected chi connectivity index (χ1v) is 10.2. The topological polar surface area (TPSA) is 68.6 Å². The molecule has 1 aliphatic heterocycles. The maximum atomic E-state index is 13.3. The molecule has 0 spiro atoms. The van der Waals surface area contributed by atoms with E-state index in [9.17, 15) is 4.39 Å². The van der Waals surface area contributed by atoms with Crippen molar-refractivity contribution in [3.63, 3.8) is 0 Å². The van der Waals surface area contributed by atoms with E-state index < -0.39 is 0 Å². The van der Waals surface area contributed by atoms with Crippen LogP contribution in [0.25, 0.3) is 10.9 Å². The van der Waals surface area contributed by atoms with E-state index in [-0.39, 0.29) is 35.8 Å². The van der Waals surface area contributed by atoms with Crippen molar-refractivity contribution in [2.75, 3.05) is 33.2 Å². The third-order valence-electron chi connectivity index (χ3n) is 5.56. The number of fused-ring (bicyclic) bond motifs is 1. The number of likely N-dealkylation sites (tertiary alicyclic amines) is 1. The summed E-state index contributed by atoms with van der Waals surface area (Å²) in [5, 5.41) is 7.87. The van der Waals surface area contributed by atoms with Crippen molar-refractivity contribution < 1.29 is 8.81 Å². The first-order valence-electron chi connectivity index (χ1n) is 10.2. The molecular formula is C22H29FIN5O. The summed E-state index contributed by atoms with van der Waals surface area (Å²) >= 11 is 0. The standard InChI is InChI=1S/C22H28FN5O.HI/c1-24-22(25-9-8-16-14-26-19-13-17(23)6-7-18(16)19)27-15-20(21-5-4-12-29-21)28-10-2-3-11-28;/h4-7,12-14,20,26H,2-3,8-11,15H2,1H3,(H2,24,25,27);1H. The van der Waals surface area contributed by atoms with Gasteiger partial charge in [0.05, 0.1) is 12.3 Å². The van der Waals surface area contributed by atoms with Crippen LogP contribution in [0.15, 0.2) is 52.2 Å². The molecule has 1 fully saturated rings. The maximum Gasteiger partial charge on any atom is 0.191 e. The van der Waals surface area contributed by atoms with Crippen LogP contribution in [0.4, 0.5) is 4.39 Å². The van der Waals surface area contributed by atoms with Gasteiger partial charge in [-0.25, -0.2) is 4.39 Å². The fraction of sp³-hybridized carbons (Fsp3) is 0.409. The van der Waals surface area contributed by atoms with Gasteiger partial charge in [-0.05, 0) is 68.2 Å². The van der Waals surface area contributed by atoms with E-state index in [1.165, 1.54) is 25.0 Å². The predicted molar refractivity (Wildman–Crippen MR) is 129 cm³/mol. The first-order chi connectivity index (χ1) is 14.2. The molecule has 8 heteroatoms. The SMILES string of the molecule is CN=C(NCCc1c[nH]c2cc(F)ccc12)NCC(c1ccco1)N1CCCC1.I. The average molecular weight is 525 g/mol. The normalized spacial score (nSPS) is 15.9. The number of aromatic nitrogens is 1. The van der Waals surface area contributed by atoms with Gasteiger partial charge in [0.25, 0.3) is 0 Å². The third-order valence-corrected chi connectivity index (χ3v) is 5.56. The van der Waals surface area contributed by atoms with E-state index in [0.29, 0.717) is 0 Å². The first kappa shape index (κ1) is 22.6. The summed E-state index contributed by atoms with van der Waals surface area (Å²) in [6.07, 6.45) is 6.97. The Balaban J connectivity index is 0.00000256. The molecular weight excluding hydrogens is 496 g/mol. The highest BCUT2D eigenvalue weighted by atomic mass is 127. The highest BCUT2D eigenvalue weighted by Crippen LogP contribution is 2.25. The van der Waals surface area contributed by atoms with Crippen molar-refractivity contribution in [3.05, 3.63) is 59.9 Å². The van der Waals surface area contributed by atoms with E-state index in [1.54, 1.807) is 13.3 Å². The largest absolute Gasteiger partial charge is 0.468 e. The van der Waals surface area contributed by atoms with Crippen LogP contribution in [-0.2, 0) is 6.42 Å². The second-order valence-corrected chi connectivity index (χ2v) is 7.41. The van der Waals surface area contributed by atoms with Gasteiger partial charge in [-0.15, -0.1) is 24.0 Å². The van der Waals surface area contributed by atoms with Crippen LogP contribution < -0.4 is 10.6 Å². The molecule has 30 heavy (non-hydrogen) atoms. The molecule has 6 nitrogen and oxygen atoms in total. The lowest BCUT2D eigenvalue weighted by molar-refractivity contribution is 0.215. The van der Waals surface area contributed by atoms with E-state index in [2.05, 4.69) is 25.5 Å². The van der Waals surface area contributed by atoms with Gasteiger partial charge >= 0.3 is 0 Å². The molecule has 3 N–H and O–H groups in total.